The lowest BCUT2D eigenvalue weighted by Gasteiger charge is -2.23. The van der Waals surface area contributed by atoms with E-state index >= 15 is 0 Å². The van der Waals surface area contributed by atoms with E-state index in [1.807, 2.05) is 0 Å². The van der Waals surface area contributed by atoms with Gasteiger partial charge in [0.1, 0.15) is 0 Å². The Kier molecular flexibility index (Phi) is 27.8. The minimum atomic E-state index is 0. The van der Waals surface area contributed by atoms with Gasteiger partial charge >= 0.3 is 0 Å². The molecule has 0 unspecified atom stereocenters. The quantitative estimate of drug-likeness (QED) is 0.326. The average Bonchev–Trinajstić information content (AvgIpc) is 2.19. The third-order valence-corrected chi connectivity index (χ3v) is 3.18. The normalized spacial score (nSPS) is 10.1. The summed E-state index contributed by atoms with van der Waals surface area (Å²) in [6.45, 7) is 3.62. The molecule has 0 aromatic carbocycles. The van der Waals surface area contributed by atoms with Crippen molar-refractivity contribution in [3.63, 3.8) is 0 Å². The zero-order chi connectivity index (χ0) is 12.3. The third-order valence-electron chi connectivity index (χ3n) is 3.18. The van der Waals surface area contributed by atoms with Gasteiger partial charge in [-0.2, -0.15) is 0 Å². The van der Waals surface area contributed by atoms with Crippen LogP contribution < -0.4 is 0 Å². The van der Waals surface area contributed by atoms with Gasteiger partial charge in [-0.15, -0.1) is 37.2 Å². The molecule has 0 saturated heterocycles. The van der Waals surface area contributed by atoms with Crippen LogP contribution >= 0.6 is 37.2 Å². The van der Waals surface area contributed by atoms with Gasteiger partial charge in [0.05, 0.1) is 27.7 Å². The van der Waals surface area contributed by atoms with Crippen LogP contribution in [0.1, 0.15) is 71.1 Å². The third kappa shape index (κ3) is 27.9. The van der Waals surface area contributed by atoms with Crippen molar-refractivity contribution >= 4 is 37.2 Å². The van der Waals surface area contributed by atoms with Crippen LogP contribution in [0.25, 0.3) is 0 Å². The summed E-state index contributed by atoms with van der Waals surface area (Å²) in [4.78, 5) is 0. The lowest BCUT2D eigenvalue weighted by atomic mass is 10.1. The van der Waals surface area contributed by atoms with Crippen molar-refractivity contribution in [1.82, 2.24) is 0 Å². The molecule has 0 aliphatic rings. The van der Waals surface area contributed by atoms with Gasteiger partial charge in [-0.3, -0.25) is 0 Å². The number of nitrogens with zero attached hydrogens (tertiary/aromatic N) is 1. The second kappa shape index (κ2) is 18.8. The van der Waals surface area contributed by atoms with Gasteiger partial charge in [-0.05, 0) is 12.8 Å². The zero-order valence-electron chi connectivity index (χ0n) is 13.5. The molecule has 0 heterocycles. The Balaban J connectivity index is -0.000000375. The highest BCUT2D eigenvalue weighted by Crippen LogP contribution is 2.10. The number of hydrogen-bond donors (Lipinski definition) is 0. The Morgan fingerprint density at radius 2 is 0.842 bits per heavy atom. The highest BCUT2D eigenvalue weighted by Gasteiger charge is 2.04. The summed E-state index contributed by atoms with van der Waals surface area (Å²) in [5.41, 5.74) is 0. The summed E-state index contributed by atoms with van der Waals surface area (Å²) in [5.74, 6) is 0. The Morgan fingerprint density at radius 1 is 0.526 bits per heavy atom. The number of unbranched alkanes of at least 4 members (excludes halogenated alkanes) is 9. The SMILES string of the molecule is CCCCCCCCCCCC[N+](C)(C)C.Cl.Cl.Cl. The first-order valence-electron chi connectivity index (χ1n) is 7.36. The maximum absolute atomic E-state index is 2.29. The van der Waals surface area contributed by atoms with Crippen LogP contribution in [0.2, 0.25) is 0 Å². The van der Waals surface area contributed by atoms with Gasteiger partial charge in [-0.1, -0.05) is 58.3 Å². The summed E-state index contributed by atoms with van der Waals surface area (Å²) < 4.78 is 1.12. The molecule has 0 saturated carbocycles. The van der Waals surface area contributed by atoms with Crippen molar-refractivity contribution in [2.24, 2.45) is 0 Å². The topological polar surface area (TPSA) is 0 Å². The van der Waals surface area contributed by atoms with E-state index in [1.54, 1.807) is 0 Å². The largest absolute Gasteiger partial charge is 0.331 e. The lowest BCUT2D eigenvalue weighted by Crippen LogP contribution is -2.35. The van der Waals surface area contributed by atoms with Gasteiger partial charge in [-0.25, -0.2) is 0 Å². The van der Waals surface area contributed by atoms with E-state index in [2.05, 4.69) is 28.1 Å². The zero-order valence-corrected chi connectivity index (χ0v) is 15.9. The van der Waals surface area contributed by atoms with Crippen molar-refractivity contribution in [3.05, 3.63) is 0 Å². The smallest absolute Gasteiger partial charge is 0.0780 e. The van der Waals surface area contributed by atoms with Gasteiger partial charge in [0, 0.05) is 0 Å². The predicted molar refractivity (Wildman–Crippen MR) is 96.5 cm³/mol. The standard InChI is InChI=1S/C15H34N.3ClH/c1-5-6-7-8-9-10-11-12-13-14-15-16(2,3)4;;;/h5-15H2,1-4H3;3*1H/q+1;;;. The van der Waals surface area contributed by atoms with Crippen molar-refractivity contribution in [1.29, 1.82) is 0 Å². The Bertz CT molecular complexity index is 147. The molecular weight excluding hydrogens is 301 g/mol. The Hall–Kier alpha value is 0.830. The van der Waals surface area contributed by atoms with Crippen LogP contribution in [0.3, 0.4) is 0 Å². The molecule has 0 amide bonds. The molecule has 19 heavy (non-hydrogen) atoms. The van der Waals surface area contributed by atoms with E-state index in [4.69, 9.17) is 0 Å². The average molecular weight is 338 g/mol. The number of quaternary nitrogens is 1. The summed E-state index contributed by atoms with van der Waals surface area (Å²) in [6.07, 6.45) is 14.4. The monoisotopic (exact) mass is 336 g/mol. The minimum Gasteiger partial charge on any atom is -0.331 e. The van der Waals surface area contributed by atoms with Gasteiger partial charge in [0.2, 0.25) is 0 Å². The van der Waals surface area contributed by atoms with Crippen LogP contribution in [0, 0.1) is 0 Å². The molecule has 0 aromatic heterocycles. The van der Waals surface area contributed by atoms with E-state index in [1.165, 1.54) is 70.8 Å². The van der Waals surface area contributed by atoms with Crippen molar-refractivity contribution < 1.29 is 4.48 Å². The van der Waals surface area contributed by atoms with E-state index < -0.39 is 0 Å². The van der Waals surface area contributed by atoms with Crippen LogP contribution in [0.5, 0.6) is 0 Å². The van der Waals surface area contributed by atoms with Crippen molar-refractivity contribution in [3.8, 4) is 0 Å². The maximum atomic E-state index is 2.29. The molecule has 0 N–H and O–H groups in total. The minimum absolute atomic E-state index is 0. The predicted octanol–water partition coefficient (Wildman–Crippen LogP) is 5.88. The highest BCUT2D eigenvalue weighted by molar-refractivity contribution is 5.86. The summed E-state index contributed by atoms with van der Waals surface area (Å²) in [6, 6.07) is 0. The molecule has 0 bridgehead atoms. The number of rotatable bonds is 11. The van der Waals surface area contributed by atoms with Crippen LogP contribution in [-0.4, -0.2) is 32.2 Å². The first-order chi connectivity index (χ1) is 7.56. The molecule has 0 aliphatic carbocycles. The molecule has 0 atom stereocenters. The van der Waals surface area contributed by atoms with Gasteiger partial charge in [0.15, 0.2) is 0 Å². The fourth-order valence-corrected chi connectivity index (χ4v) is 2.07. The van der Waals surface area contributed by atoms with E-state index in [0.29, 0.717) is 0 Å². The summed E-state index contributed by atoms with van der Waals surface area (Å²) in [5, 5.41) is 0. The molecule has 0 spiro atoms. The molecule has 1 nitrogen and oxygen atoms in total. The fraction of sp³-hybridized carbons (Fsp3) is 1.00. The first-order valence-corrected chi connectivity index (χ1v) is 7.36. The van der Waals surface area contributed by atoms with E-state index in [0.717, 1.165) is 4.48 Å². The molecule has 0 aromatic rings. The molecule has 0 radical (unpaired) electrons. The number of hydrogen-bond acceptors (Lipinski definition) is 0. The van der Waals surface area contributed by atoms with Crippen LogP contribution in [0.15, 0.2) is 0 Å². The lowest BCUT2D eigenvalue weighted by molar-refractivity contribution is -0.870. The van der Waals surface area contributed by atoms with Crippen molar-refractivity contribution in [2.75, 3.05) is 27.7 Å². The Morgan fingerprint density at radius 3 is 1.16 bits per heavy atom. The second-order valence-electron chi connectivity index (χ2n) is 6.20. The van der Waals surface area contributed by atoms with E-state index in [-0.39, 0.29) is 37.2 Å². The summed E-state index contributed by atoms with van der Waals surface area (Å²) >= 11 is 0. The van der Waals surface area contributed by atoms with Crippen LogP contribution in [-0.2, 0) is 0 Å². The van der Waals surface area contributed by atoms with E-state index in [9.17, 15) is 0 Å². The molecule has 0 rings (SSSR count). The molecule has 122 valence electrons. The molecular formula is C15H37Cl3N+. The van der Waals surface area contributed by atoms with Crippen molar-refractivity contribution in [2.45, 2.75) is 71.1 Å². The fourth-order valence-electron chi connectivity index (χ4n) is 2.07. The Labute approximate surface area is 140 Å². The first kappa shape index (κ1) is 28.1. The van der Waals surface area contributed by atoms with Gasteiger partial charge in [0.25, 0.3) is 0 Å². The molecule has 4 heteroatoms. The van der Waals surface area contributed by atoms with Gasteiger partial charge < -0.3 is 4.48 Å². The highest BCUT2D eigenvalue weighted by atomic mass is 35.5. The molecule has 0 aliphatic heterocycles. The molecule has 0 fully saturated rings. The number of halogens is 3. The maximum Gasteiger partial charge on any atom is 0.0780 e. The van der Waals surface area contributed by atoms with Crippen LogP contribution in [0.4, 0.5) is 0 Å². The summed E-state index contributed by atoms with van der Waals surface area (Å²) in [7, 11) is 6.86. The second-order valence-corrected chi connectivity index (χ2v) is 6.20.